The molecule has 0 aromatic rings. The molecular formula is C12H21N3. The van der Waals surface area contributed by atoms with Crippen LogP contribution in [0.15, 0.2) is 4.99 Å². The van der Waals surface area contributed by atoms with Crippen LogP contribution < -0.4 is 5.73 Å². The van der Waals surface area contributed by atoms with Crippen LogP contribution >= 0.6 is 0 Å². The summed E-state index contributed by atoms with van der Waals surface area (Å²) in [6.07, 6.45) is 7.96. The van der Waals surface area contributed by atoms with Crippen LogP contribution in [-0.4, -0.2) is 29.0 Å². The summed E-state index contributed by atoms with van der Waals surface area (Å²) in [6.45, 7) is 3.33. The predicted octanol–water partition coefficient (Wildman–Crippen LogP) is 1.73. The first-order valence-electron chi connectivity index (χ1n) is 6.30. The van der Waals surface area contributed by atoms with Crippen LogP contribution in [0.1, 0.15) is 45.4 Å². The summed E-state index contributed by atoms with van der Waals surface area (Å²) in [5.41, 5.74) is 6.37. The molecule has 3 aliphatic rings. The van der Waals surface area contributed by atoms with E-state index in [0.717, 1.165) is 24.5 Å². The van der Waals surface area contributed by atoms with E-state index in [0.29, 0.717) is 5.54 Å². The monoisotopic (exact) mass is 207 g/mol. The molecule has 1 aliphatic heterocycles. The fraction of sp³-hybridized carbons (Fsp3) is 0.917. The highest BCUT2D eigenvalue weighted by Gasteiger charge is 2.49. The van der Waals surface area contributed by atoms with Crippen LogP contribution in [0.3, 0.4) is 0 Å². The van der Waals surface area contributed by atoms with Crippen LogP contribution in [0.4, 0.5) is 0 Å². The molecule has 0 atom stereocenters. The van der Waals surface area contributed by atoms with Crippen molar-refractivity contribution in [2.45, 2.75) is 57.0 Å². The standard InChI is InChI=1S/C12H21N3/c1-9-4-6-12(7-5-9)8-14-11(13)15(12)10-2-3-10/h9-10H,2-8H2,1H3,(H2,13,14). The Morgan fingerprint density at radius 2 is 1.93 bits per heavy atom. The van der Waals surface area contributed by atoms with Gasteiger partial charge in [-0.1, -0.05) is 6.92 Å². The molecular weight excluding hydrogens is 186 g/mol. The van der Waals surface area contributed by atoms with Gasteiger partial charge in [-0.05, 0) is 44.4 Å². The number of guanidine groups is 1. The molecule has 0 bridgehead atoms. The average Bonchev–Trinajstić information content (AvgIpc) is 3.00. The molecule has 2 fully saturated rings. The highest BCUT2D eigenvalue weighted by Crippen LogP contribution is 2.44. The number of nitrogens with two attached hydrogens (primary N) is 1. The molecule has 0 saturated heterocycles. The van der Waals surface area contributed by atoms with Gasteiger partial charge in [0.1, 0.15) is 0 Å². The highest BCUT2D eigenvalue weighted by molar-refractivity contribution is 5.81. The third kappa shape index (κ3) is 1.44. The summed E-state index contributed by atoms with van der Waals surface area (Å²) < 4.78 is 0. The molecule has 3 rings (SSSR count). The summed E-state index contributed by atoms with van der Waals surface area (Å²) in [5.74, 6) is 1.73. The van der Waals surface area contributed by atoms with Gasteiger partial charge in [0.25, 0.3) is 0 Å². The Bertz CT molecular complexity index is 285. The molecule has 3 nitrogen and oxygen atoms in total. The Morgan fingerprint density at radius 1 is 1.27 bits per heavy atom. The minimum absolute atomic E-state index is 0.331. The lowest BCUT2D eigenvalue weighted by molar-refractivity contribution is 0.115. The zero-order valence-electron chi connectivity index (χ0n) is 9.58. The van der Waals surface area contributed by atoms with Crippen molar-refractivity contribution in [2.75, 3.05) is 6.54 Å². The number of aliphatic imine (C=N–C) groups is 1. The maximum atomic E-state index is 6.04. The summed E-state index contributed by atoms with van der Waals surface area (Å²) in [4.78, 5) is 6.97. The van der Waals surface area contributed by atoms with Crippen molar-refractivity contribution in [3.63, 3.8) is 0 Å². The first kappa shape index (κ1) is 9.49. The van der Waals surface area contributed by atoms with Gasteiger partial charge in [-0.2, -0.15) is 0 Å². The second-order valence-electron chi connectivity index (χ2n) is 5.68. The summed E-state index contributed by atoms with van der Waals surface area (Å²) in [5, 5.41) is 0. The largest absolute Gasteiger partial charge is 0.370 e. The maximum absolute atomic E-state index is 6.04. The van der Waals surface area contributed by atoms with Gasteiger partial charge in [0.05, 0.1) is 12.1 Å². The normalized spacial score (nSPS) is 41.0. The van der Waals surface area contributed by atoms with Gasteiger partial charge in [-0.3, -0.25) is 4.99 Å². The van der Waals surface area contributed by atoms with E-state index in [4.69, 9.17) is 5.73 Å². The molecule has 2 aliphatic carbocycles. The van der Waals surface area contributed by atoms with Crippen molar-refractivity contribution in [2.24, 2.45) is 16.6 Å². The number of hydrogen-bond acceptors (Lipinski definition) is 3. The van der Waals surface area contributed by atoms with Crippen molar-refractivity contribution in [3.8, 4) is 0 Å². The van der Waals surface area contributed by atoms with Crippen LogP contribution in [0.5, 0.6) is 0 Å². The minimum atomic E-state index is 0.331. The molecule has 2 N–H and O–H groups in total. The third-order valence-electron chi connectivity index (χ3n) is 4.41. The fourth-order valence-electron chi connectivity index (χ4n) is 3.23. The van der Waals surface area contributed by atoms with Crippen LogP contribution in [-0.2, 0) is 0 Å². The van der Waals surface area contributed by atoms with Crippen molar-refractivity contribution in [1.29, 1.82) is 0 Å². The van der Waals surface area contributed by atoms with E-state index in [2.05, 4.69) is 16.8 Å². The quantitative estimate of drug-likeness (QED) is 0.711. The van der Waals surface area contributed by atoms with Gasteiger partial charge in [0, 0.05) is 6.04 Å². The van der Waals surface area contributed by atoms with Crippen LogP contribution in [0, 0.1) is 5.92 Å². The zero-order chi connectivity index (χ0) is 10.5. The van der Waals surface area contributed by atoms with E-state index >= 15 is 0 Å². The highest BCUT2D eigenvalue weighted by atomic mass is 15.4. The van der Waals surface area contributed by atoms with E-state index in [1.807, 2.05) is 0 Å². The van der Waals surface area contributed by atoms with Crippen LogP contribution in [0.25, 0.3) is 0 Å². The second kappa shape index (κ2) is 3.13. The zero-order valence-corrected chi connectivity index (χ0v) is 9.58. The molecule has 3 heteroatoms. The van der Waals surface area contributed by atoms with E-state index in [1.165, 1.54) is 38.5 Å². The topological polar surface area (TPSA) is 41.6 Å². The Balaban J connectivity index is 1.80. The van der Waals surface area contributed by atoms with Gasteiger partial charge in [-0.15, -0.1) is 0 Å². The summed E-state index contributed by atoms with van der Waals surface area (Å²) >= 11 is 0. The lowest BCUT2D eigenvalue weighted by Gasteiger charge is -2.44. The second-order valence-corrected chi connectivity index (χ2v) is 5.68. The van der Waals surface area contributed by atoms with Gasteiger partial charge in [0.15, 0.2) is 5.96 Å². The SMILES string of the molecule is CC1CCC2(CC1)CN=C(N)N2C1CC1. The Kier molecular flexibility index (Phi) is 1.98. The Labute approximate surface area is 91.7 Å². The van der Waals surface area contributed by atoms with Gasteiger partial charge < -0.3 is 10.6 Å². The lowest BCUT2D eigenvalue weighted by atomic mass is 9.76. The molecule has 84 valence electrons. The molecule has 1 heterocycles. The van der Waals surface area contributed by atoms with Crippen LogP contribution in [0.2, 0.25) is 0 Å². The first-order valence-corrected chi connectivity index (χ1v) is 6.30. The molecule has 1 spiro atoms. The molecule has 0 aromatic carbocycles. The van der Waals surface area contributed by atoms with E-state index in [-0.39, 0.29) is 0 Å². The summed E-state index contributed by atoms with van der Waals surface area (Å²) in [7, 11) is 0. The number of nitrogens with zero attached hydrogens (tertiary/aromatic N) is 2. The molecule has 2 saturated carbocycles. The van der Waals surface area contributed by atoms with Gasteiger partial charge in [0.2, 0.25) is 0 Å². The van der Waals surface area contributed by atoms with Gasteiger partial charge >= 0.3 is 0 Å². The van der Waals surface area contributed by atoms with Crippen molar-refractivity contribution in [3.05, 3.63) is 0 Å². The van der Waals surface area contributed by atoms with E-state index in [9.17, 15) is 0 Å². The average molecular weight is 207 g/mol. The third-order valence-corrected chi connectivity index (χ3v) is 4.41. The van der Waals surface area contributed by atoms with Crippen molar-refractivity contribution < 1.29 is 0 Å². The maximum Gasteiger partial charge on any atom is 0.192 e. The smallest absolute Gasteiger partial charge is 0.192 e. The molecule has 0 radical (unpaired) electrons. The Morgan fingerprint density at radius 3 is 2.53 bits per heavy atom. The van der Waals surface area contributed by atoms with Gasteiger partial charge in [-0.25, -0.2) is 0 Å². The number of rotatable bonds is 1. The van der Waals surface area contributed by atoms with E-state index < -0.39 is 0 Å². The van der Waals surface area contributed by atoms with Crippen molar-refractivity contribution >= 4 is 5.96 Å². The summed E-state index contributed by atoms with van der Waals surface area (Å²) in [6, 6.07) is 0.727. The van der Waals surface area contributed by atoms with E-state index in [1.54, 1.807) is 0 Å². The molecule has 0 aromatic heterocycles. The first-order chi connectivity index (χ1) is 7.21. The molecule has 0 amide bonds. The minimum Gasteiger partial charge on any atom is -0.370 e. The molecule has 0 unspecified atom stereocenters. The Hall–Kier alpha value is -0.730. The predicted molar refractivity (Wildman–Crippen MR) is 61.7 cm³/mol. The molecule has 15 heavy (non-hydrogen) atoms. The number of hydrogen-bond donors (Lipinski definition) is 1. The lowest BCUT2D eigenvalue weighted by Crippen LogP contribution is -2.54. The van der Waals surface area contributed by atoms with Crippen molar-refractivity contribution in [1.82, 2.24) is 4.90 Å². The fourth-order valence-corrected chi connectivity index (χ4v) is 3.23.